The number of phenolic OH excluding ortho intramolecular Hbond substituents is 1. The maximum Gasteiger partial charge on any atom is 0.342 e. The van der Waals surface area contributed by atoms with Crippen LogP contribution in [0.4, 0.5) is 0 Å². The van der Waals surface area contributed by atoms with Gasteiger partial charge in [0.05, 0.1) is 40.6 Å². The average Bonchev–Trinajstić information content (AvgIpc) is 3.10. The number of ether oxygens (including phenoxy) is 6. The molecule has 2 rings (SSSR count). The first-order chi connectivity index (χ1) is 23.7. The molecule has 0 bridgehead atoms. The number of hydrogen-bond acceptors (Lipinski definition) is 10. The number of aromatic hydroxyl groups is 1. The Kier molecular flexibility index (Phi) is 20.5. The molecule has 0 radical (unpaired) electrons. The zero-order valence-electron chi connectivity index (χ0n) is 29.5. The molecule has 0 fully saturated rings. The Morgan fingerprint density at radius 1 is 0.694 bits per heavy atom. The maximum atomic E-state index is 12.6. The molecule has 0 amide bonds. The molecular formula is C39H54O10. The molecule has 49 heavy (non-hydrogen) atoms. The number of methoxy groups -OCH3 is 2. The number of rotatable bonds is 26. The summed E-state index contributed by atoms with van der Waals surface area (Å²) in [6.45, 7) is 7.00. The minimum Gasteiger partial charge on any atom is -0.507 e. The van der Waals surface area contributed by atoms with Crippen molar-refractivity contribution in [1.82, 2.24) is 0 Å². The van der Waals surface area contributed by atoms with Gasteiger partial charge in [-0.05, 0) is 87.4 Å². The van der Waals surface area contributed by atoms with Crippen molar-refractivity contribution < 1.29 is 47.9 Å². The lowest BCUT2D eigenvalue weighted by atomic mass is 10.1. The van der Waals surface area contributed by atoms with Crippen molar-refractivity contribution >= 4 is 24.0 Å². The molecule has 0 heterocycles. The van der Waals surface area contributed by atoms with E-state index in [9.17, 15) is 19.5 Å². The molecule has 0 spiro atoms. The van der Waals surface area contributed by atoms with E-state index in [4.69, 9.17) is 23.7 Å². The van der Waals surface area contributed by atoms with E-state index in [1.54, 1.807) is 32.2 Å². The number of unbranched alkanes of at least 4 members (excludes halogenated alkanes) is 11. The third-order valence-corrected chi connectivity index (χ3v) is 7.66. The fraction of sp³-hybridized carbons (Fsp3) is 0.513. The Bertz CT molecular complexity index is 1330. The second-order valence-electron chi connectivity index (χ2n) is 11.8. The Morgan fingerprint density at radius 3 is 1.86 bits per heavy atom. The van der Waals surface area contributed by atoms with Crippen molar-refractivity contribution in [3.05, 3.63) is 65.8 Å². The van der Waals surface area contributed by atoms with Gasteiger partial charge in [0, 0.05) is 11.6 Å². The molecular weight excluding hydrogens is 628 g/mol. The molecule has 270 valence electrons. The van der Waals surface area contributed by atoms with Crippen molar-refractivity contribution in [3.8, 4) is 23.0 Å². The molecule has 0 aliphatic carbocycles. The van der Waals surface area contributed by atoms with Crippen LogP contribution in [0.25, 0.3) is 6.08 Å². The summed E-state index contributed by atoms with van der Waals surface area (Å²) >= 11 is 0. The molecule has 0 aliphatic rings. The molecule has 0 saturated heterocycles. The van der Waals surface area contributed by atoms with Crippen LogP contribution < -0.4 is 14.2 Å². The van der Waals surface area contributed by atoms with Crippen LogP contribution in [0.1, 0.15) is 106 Å². The van der Waals surface area contributed by atoms with Crippen LogP contribution in [0.2, 0.25) is 0 Å². The monoisotopic (exact) mass is 682 g/mol. The molecule has 0 unspecified atom stereocenters. The number of hydrogen-bond donors (Lipinski definition) is 1. The number of carbonyl (C=O) groups is 3. The van der Waals surface area contributed by atoms with Crippen LogP contribution in [-0.4, -0.2) is 63.7 Å². The van der Waals surface area contributed by atoms with Crippen LogP contribution in [-0.2, 0) is 23.8 Å². The second-order valence-corrected chi connectivity index (χ2v) is 11.8. The molecule has 10 heteroatoms. The zero-order chi connectivity index (χ0) is 35.7. The smallest absolute Gasteiger partial charge is 0.342 e. The second kappa shape index (κ2) is 24.6. The van der Waals surface area contributed by atoms with Gasteiger partial charge < -0.3 is 33.5 Å². The van der Waals surface area contributed by atoms with Gasteiger partial charge in [-0.15, -0.1) is 0 Å². The summed E-state index contributed by atoms with van der Waals surface area (Å²) in [7, 11) is 2.90. The van der Waals surface area contributed by atoms with E-state index in [1.165, 1.54) is 25.3 Å². The highest BCUT2D eigenvalue weighted by atomic mass is 16.5. The van der Waals surface area contributed by atoms with Crippen molar-refractivity contribution in [2.75, 3.05) is 40.6 Å². The van der Waals surface area contributed by atoms with Gasteiger partial charge in [0.1, 0.15) is 17.1 Å². The lowest BCUT2D eigenvalue weighted by molar-refractivity contribution is -0.139. The lowest BCUT2D eigenvalue weighted by Crippen LogP contribution is -2.07. The van der Waals surface area contributed by atoms with Gasteiger partial charge in [0.25, 0.3) is 0 Å². The van der Waals surface area contributed by atoms with Crippen molar-refractivity contribution in [1.29, 1.82) is 0 Å². The van der Waals surface area contributed by atoms with Crippen LogP contribution in [0.3, 0.4) is 0 Å². The number of esters is 3. The average molecular weight is 683 g/mol. The highest BCUT2D eigenvalue weighted by Crippen LogP contribution is 2.29. The predicted octanol–water partition coefficient (Wildman–Crippen LogP) is 8.39. The third kappa shape index (κ3) is 17.5. The van der Waals surface area contributed by atoms with Crippen LogP contribution in [0.5, 0.6) is 23.0 Å². The minimum atomic E-state index is -0.555. The molecule has 2 aromatic carbocycles. The van der Waals surface area contributed by atoms with Crippen LogP contribution in [0, 0.1) is 0 Å². The first-order valence-electron chi connectivity index (χ1n) is 17.3. The molecule has 10 nitrogen and oxygen atoms in total. The quantitative estimate of drug-likeness (QED) is 0.0447. The normalized spacial score (nSPS) is 10.8. The summed E-state index contributed by atoms with van der Waals surface area (Å²) in [6, 6.07) is 10.1. The fourth-order valence-corrected chi connectivity index (χ4v) is 4.81. The molecule has 0 atom stereocenters. The van der Waals surface area contributed by atoms with Crippen molar-refractivity contribution in [2.45, 2.75) is 90.4 Å². The predicted molar refractivity (Wildman–Crippen MR) is 189 cm³/mol. The molecule has 1 N–H and O–H groups in total. The summed E-state index contributed by atoms with van der Waals surface area (Å²) in [4.78, 5) is 35.2. The van der Waals surface area contributed by atoms with Gasteiger partial charge in [-0.25, -0.2) is 14.4 Å². The largest absolute Gasteiger partial charge is 0.507 e. The first-order valence-corrected chi connectivity index (χ1v) is 17.3. The van der Waals surface area contributed by atoms with Crippen LogP contribution >= 0.6 is 0 Å². The standard InChI is InChI=1S/C39H54O10/c1-30(2)38(42)48-26-16-10-8-6-5-7-9-11-17-27-49-39(43)33-29-32(20-21-34(33)40)46-24-14-12-13-15-25-47-35-22-18-31(28-36(35)44-3)19-23-37(41)45-4/h18-23,28-29,40H,1,5-17,24-27H2,2-4H3. The van der Waals surface area contributed by atoms with Gasteiger partial charge >= 0.3 is 17.9 Å². The fourth-order valence-electron chi connectivity index (χ4n) is 4.81. The Hall–Kier alpha value is -4.47. The molecule has 0 aliphatic heterocycles. The van der Waals surface area contributed by atoms with E-state index in [-0.39, 0.29) is 17.3 Å². The van der Waals surface area contributed by atoms with Crippen molar-refractivity contribution in [3.63, 3.8) is 0 Å². The van der Waals surface area contributed by atoms with Crippen molar-refractivity contribution in [2.24, 2.45) is 0 Å². The van der Waals surface area contributed by atoms with E-state index in [1.807, 2.05) is 12.1 Å². The SMILES string of the molecule is C=C(C)C(=O)OCCCCCCCCCCCOC(=O)c1cc(OCCCCCCOc2ccc(C=CC(=O)OC)cc2OC)ccc1O. The molecule has 0 aromatic heterocycles. The summed E-state index contributed by atoms with van der Waals surface area (Å²) in [6.07, 6.45) is 15.9. The summed E-state index contributed by atoms with van der Waals surface area (Å²) in [5.41, 5.74) is 1.33. The van der Waals surface area contributed by atoms with Gasteiger partial charge in [-0.3, -0.25) is 0 Å². The third-order valence-electron chi connectivity index (χ3n) is 7.66. The molecule has 2 aromatic rings. The Morgan fingerprint density at radius 2 is 1.27 bits per heavy atom. The Labute approximate surface area is 291 Å². The van der Waals surface area contributed by atoms with Gasteiger partial charge in [-0.1, -0.05) is 57.6 Å². The van der Waals surface area contributed by atoms with Gasteiger partial charge in [0.2, 0.25) is 0 Å². The van der Waals surface area contributed by atoms with Gasteiger partial charge in [0.15, 0.2) is 11.5 Å². The summed E-state index contributed by atoms with van der Waals surface area (Å²) in [5.74, 6) is 0.308. The first kappa shape index (κ1) is 40.7. The van der Waals surface area contributed by atoms with Crippen LogP contribution in [0.15, 0.2) is 54.6 Å². The topological polar surface area (TPSA) is 127 Å². The number of carbonyl (C=O) groups excluding carboxylic acids is 3. The number of phenols is 1. The van der Waals surface area contributed by atoms with E-state index in [0.717, 1.165) is 89.0 Å². The highest BCUT2D eigenvalue weighted by molar-refractivity contribution is 5.93. The van der Waals surface area contributed by atoms with E-state index >= 15 is 0 Å². The summed E-state index contributed by atoms with van der Waals surface area (Å²) < 4.78 is 32.2. The summed E-state index contributed by atoms with van der Waals surface area (Å²) in [5, 5.41) is 10.2. The lowest BCUT2D eigenvalue weighted by Gasteiger charge is -2.12. The van der Waals surface area contributed by atoms with E-state index < -0.39 is 11.9 Å². The Balaban J connectivity index is 1.53. The molecule has 0 saturated carbocycles. The zero-order valence-corrected chi connectivity index (χ0v) is 29.5. The minimum absolute atomic E-state index is 0.104. The van der Waals surface area contributed by atoms with E-state index in [0.29, 0.717) is 49.2 Å². The maximum absolute atomic E-state index is 12.6. The number of benzene rings is 2. The van der Waals surface area contributed by atoms with Gasteiger partial charge in [-0.2, -0.15) is 0 Å². The highest BCUT2D eigenvalue weighted by Gasteiger charge is 2.14. The van der Waals surface area contributed by atoms with E-state index in [2.05, 4.69) is 11.3 Å².